The summed E-state index contributed by atoms with van der Waals surface area (Å²) in [6.07, 6.45) is 3.20. The zero-order valence-electron chi connectivity index (χ0n) is 14.1. The van der Waals surface area contributed by atoms with Gasteiger partial charge in [0.05, 0.1) is 6.10 Å². The second kappa shape index (κ2) is 7.19. The van der Waals surface area contributed by atoms with E-state index < -0.39 is 0 Å². The first-order valence-corrected chi connectivity index (χ1v) is 8.85. The van der Waals surface area contributed by atoms with E-state index in [4.69, 9.17) is 4.74 Å². The average Bonchev–Trinajstić information content (AvgIpc) is 3.19. The van der Waals surface area contributed by atoms with Crippen LogP contribution in [0.3, 0.4) is 0 Å². The number of nitrogens with one attached hydrogen (secondary N) is 1. The summed E-state index contributed by atoms with van der Waals surface area (Å²) in [5.74, 6) is 0.615. The highest BCUT2D eigenvalue weighted by molar-refractivity contribution is 5.92. The predicted molar refractivity (Wildman–Crippen MR) is 94.5 cm³/mol. The Labute approximate surface area is 147 Å². The van der Waals surface area contributed by atoms with Gasteiger partial charge in [0, 0.05) is 26.2 Å². The van der Waals surface area contributed by atoms with E-state index >= 15 is 0 Å². The molecule has 1 saturated heterocycles. The predicted octanol–water partition coefficient (Wildman–Crippen LogP) is 1.95. The second-order valence-corrected chi connectivity index (χ2v) is 6.56. The summed E-state index contributed by atoms with van der Waals surface area (Å²) >= 11 is 0. The van der Waals surface area contributed by atoms with Crippen molar-refractivity contribution in [2.24, 2.45) is 0 Å². The Morgan fingerprint density at radius 3 is 2.84 bits per heavy atom. The molecule has 25 heavy (non-hydrogen) atoms. The molecule has 1 N–H and O–H groups in total. The van der Waals surface area contributed by atoms with E-state index in [-0.39, 0.29) is 12.0 Å². The Hall–Kier alpha value is -2.47. The van der Waals surface area contributed by atoms with E-state index in [2.05, 4.69) is 44.7 Å². The van der Waals surface area contributed by atoms with Gasteiger partial charge >= 0.3 is 0 Å². The van der Waals surface area contributed by atoms with Gasteiger partial charge in [0.25, 0.3) is 5.91 Å². The molecule has 4 rings (SSSR count). The van der Waals surface area contributed by atoms with Gasteiger partial charge in [-0.15, -0.1) is 10.2 Å². The molecule has 1 atom stereocenters. The minimum atomic E-state index is -0.196. The molecule has 2 aromatic rings. The summed E-state index contributed by atoms with van der Waals surface area (Å²) in [5, 5.41) is 11.2. The van der Waals surface area contributed by atoms with Crippen LogP contribution in [0.2, 0.25) is 0 Å². The third kappa shape index (κ3) is 3.64. The number of benzene rings is 1. The van der Waals surface area contributed by atoms with Crippen LogP contribution < -0.4 is 10.2 Å². The number of carbonyl (C=O) groups excluding carboxylic acids is 1. The van der Waals surface area contributed by atoms with Crippen molar-refractivity contribution in [1.29, 1.82) is 0 Å². The molecular formula is C19H22N4O2. The number of carbonyl (C=O) groups is 1. The van der Waals surface area contributed by atoms with Crippen LogP contribution in [0.4, 0.5) is 5.82 Å². The number of fused-ring (bicyclic) bond motifs is 1. The molecule has 130 valence electrons. The van der Waals surface area contributed by atoms with Crippen LogP contribution in [0.5, 0.6) is 0 Å². The van der Waals surface area contributed by atoms with E-state index in [1.165, 1.54) is 11.1 Å². The molecule has 6 heteroatoms. The molecule has 1 aromatic carbocycles. The third-order valence-electron chi connectivity index (χ3n) is 4.85. The summed E-state index contributed by atoms with van der Waals surface area (Å²) in [4.78, 5) is 14.4. The summed E-state index contributed by atoms with van der Waals surface area (Å²) in [6.45, 7) is 3.06. The van der Waals surface area contributed by atoms with Gasteiger partial charge in [-0.2, -0.15) is 0 Å². The molecule has 1 unspecified atom stereocenters. The summed E-state index contributed by atoms with van der Waals surface area (Å²) < 4.78 is 5.51. The first-order valence-electron chi connectivity index (χ1n) is 8.85. The highest BCUT2D eigenvalue weighted by Crippen LogP contribution is 2.22. The van der Waals surface area contributed by atoms with Gasteiger partial charge in [0.2, 0.25) is 0 Å². The van der Waals surface area contributed by atoms with Crippen molar-refractivity contribution in [3.63, 3.8) is 0 Å². The molecule has 2 aliphatic heterocycles. The highest BCUT2D eigenvalue weighted by atomic mass is 16.5. The largest absolute Gasteiger partial charge is 0.376 e. The van der Waals surface area contributed by atoms with E-state index in [1.54, 1.807) is 6.07 Å². The van der Waals surface area contributed by atoms with E-state index in [1.807, 2.05) is 6.07 Å². The molecule has 2 aliphatic rings. The number of hydrogen-bond acceptors (Lipinski definition) is 5. The fraction of sp³-hybridized carbons (Fsp3) is 0.421. The Bertz CT molecular complexity index is 741. The monoisotopic (exact) mass is 338 g/mol. The lowest BCUT2D eigenvalue weighted by Crippen LogP contribution is -2.33. The van der Waals surface area contributed by atoms with Crippen LogP contribution in [-0.2, 0) is 17.7 Å². The number of amides is 1. The number of aromatic nitrogens is 2. The van der Waals surface area contributed by atoms with Gasteiger partial charge in [-0.3, -0.25) is 4.79 Å². The molecule has 1 fully saturated rings. The number of rotatable bonds is 4. The summed E-state index contributed by atoms with van der Waals surface area (Å²) in [5.41, 5.74) is 3.07. The lowest BCUT2D eigenvalue weighted by Gasteiger charge is -2.29. The van der Waals surface area contributed by atoms with Gasteiger partial charge in [0.15, 0.2) is 11.5 Å². The topological polar surface area (TPSA) is 67.3 Å². The van der Waals surface area contributed by atoms with Crippen molar-refractivity contribution >= 4 is 11.7 Å². The molecule has 0 aliphatic carbocycles. The van der Waals surface area contributed by atoms with Gasteiger partial charge in [0.1, 0.15) is 0 Å². The first-order chi connectivity index (χ1) is 12.3. The number of anilines is 1. The lowest BCUT2D eigenvalue weighted by atomic mass is 10.00. The summed E-state index contributed by atoms with van der Waals surface area (Å²) in [7, 11) is 0. The number of nitrogens with zero attached hydrogens (tertiary/aromatic N) is 3. The van der Waals surface area contributed by atoms with Gasteiger partial charge < -0.3 is 15.0 Å². The fourth-order valence-corrected chi connectivity index (χ4v) is 3.41. The molecule has 1 amide bonds. The maximum atomic E-state index is 12.2. The molecule has 0 spiro atoms. The Morgan fingerprint density at radius 1 is 1.20 bits per heavy atom. The standard InChI is InChI=1S/C19H22N4O2/c24-19(20-12-16-6-3-11-25-16)17-7-8-18(22-21-17)23-10-9-14-4-1-2-5-15(14)13-23/h1-2,4-5,7-8,16H,3,6,9-13H2,(H,20,24). The van der Waals surface area contributed by atoms with E-state index in [0.717, 1.165) is 44.8 Å². The molecule has 0 saturated carbocycles. The third-order valence-corrected chi connectivity index (χ3v) is 4.85. The van der Waals surface area contributed by atoms with Gasteiger partial charge in [-0.05, 0) is 42.5 Å². The van der Waals surface area contributed by atoms with Gasteiger partial charge in [-0.25, -0.2) is 0 Å². The SMILES string of the molecule is O=C(NCC1CCCO1)c1ccc(N2CCc3ccccc3C2)nn1. The van der Waals surface area contributed by atoms with Crippen LogP contribution in [0.25, 0.3) is 0 Å². The van der Waals surface area contributed by atoms with Crippen molar-refractivity contribution in [3.05, 3.63) is 53.2 Å². The van der Waals surface area contributed by atoms with Crippen LogP contribution in [0.15, 0.2) is 36.4 Å². The Kier molecular flexibility index (Phi) is 4.61. The van der Waals surface area contributed by atoms with Crippen LogP contribution in [0, 0.1) is 0 Å². The second-order valence-electron chi connectivity index (χ2n) is 6.56. The fourth-order valence-electron chi connectivity index (χ4n) is 3.41. The first kappa shape index (κ1) is 16.0. The molecule has 1 aromatic heterocycles. The zero-order valence-corrected chi connectivity index (χ0v) is 14.1. The average molecular weight is 338 g/mol. The molecule has 0 bridgehead atoms. The number of ether oxygens (including phenoxy) is 1. The van der Waals surface area contributed by atoms with Crippen LogP contribution in [-0.4, -0.2) is 41.9 Å². The van der Waals surface area contributed by atoms with Crippen LogP contribution >= 0.6 is 0 Å². The van der Waals surface area contributed by atoms with Crippen molar-refractivity contribution in [3.8, 4) is 0 Å². The van der Waals surface area contributed by atoms with E-state index in [9.17, 15) is 4.79 Å². The summed E-state index contributed by atoms with van der Waals surface area (Å²) in [6, 6.07) is 12.1. The van der Waals surface area contributed by atoms with E-state index in [0.29, 0.717) is 12.2 Å². The van der Waals surface area contributed by atoms with Crippen LogP contribution in [0.1, 0.15) is 34.5 Å². The molecule has 6 nitrogen and oxygen atoms in total. The lowest BCUT2D eigenvalue weighted by molar-refractivity contribution is 0.0853. The maximum absolute atomic E-state index is 12.2. The Morgan fingerprint density at radius 2 is 2.08 bits per heavy atom. The Balaban J connectivity index is 1.37. The smallest absolute Gasteiger partial charge is 0.271 e. The highest BCUT2D eigenvalue weighted by Gasteiger charge is 2.19. The molecule has 3 heterocycles. The van der Waals surface area contributed by atoms with Gasteiger partial charge in [-0.1, -0.05) is 24.3 Å². The minimum Gasteiger partial charge on any atom is -0.376 e. The zero-order chi connectivity index (χ0) is 17.1. The van der Waals surface area contributed by atoms with Crippen molar-refractivity contribution in [2.45, 2.75) is 31.9 Å². The quantitative estimate of drug-likeness (QED) is 0.923. The number of hydrogen-bond donors (Lipinski definition) is 1. The van der Waals surface area contributed by atoms with Crippen molar-refractivity contribution < 1.29 is 9.53 Å². The molecule has 0 radical (unpaired) electrons. The maximum Gasteiger partial charge on any atom is 0.271 e. The minimum absolute atomic E-state index is 0.129. The molecular weight excluding hydrogens is 316 g/mol. The normalized spacial score (nSPS) is 19.5. The van der Waals surface area contributed by atoms with Crippen molar-refractivity contribution in [1.82, 2.24) is 15.5 Å². The van der Waals surface area contributed by atoms with Crippen molar-refractivity contribution in [2.75, 3.05) is 24.6 Å².